The Morgan fingerprint density at radius 1 is 1.36 bits per heavy atom. The number of methoxy groups -OCH3 is 1. The van der Waals surface area contributed by atoms with E-state index in [1.165, 1.54) is 19.2 Å². The molecule has 0 saturated carbocycles. The van der Waals surface area contributed by atoms with Gasteiger partial charge in [0.2, 0.25) is 0 Å². The van der Waals surface area contributed by atoms with Crippen LogP contribution in [0.4, 0.5) is 4.79 Å². The molecule has 0 bridgehead atoms. The van der Waals surface area contributed by atoms with E-state index in [0.29, 0.717) is 17.7 Å². The van der Waals surface area contributed by atoms with Crippen molar-refractivity contribution in [2.45, 2.75) is 40.2 Å². The van der Waals surface area contributed by atoms with Crippen LogP contribution in [0.25, 0.3) is 0 Å². The number of hydrogen-bond acceptors (Lipinski definition) is 6. The van der Waals surface area contributed by atoms with Crippen LogP contribution in [-0.4, -0.2) is 30.8 Å². The first-order chi connectivity index (χ1) is 13.1. The van der Waals surface area contributed by atoms with Gasteiger partial charge in [-0.25, -0.2) is 9.59 Å². The molecule has 0 aliphatic carbocycles. The Morgan fingerprint density at radius 3 is 2.61 bits per heavy atom. The molecule has 1 aliphatic rings. The number of carbonyl (C=O) groups is 2. The second-order valence-electron chi connectivity index (χ2n) is 7.75. The zero-order valence-electron chi connectivity index (χ0n) is 16.7. The SMILES string of the molecule is COc1cc(C2NC(=O)NC(C)=C2C(=O)OCCC(C)(C)C)cc(C#N)c1O. The lowest BCUT2D eigenvalue weighted by Gasteiger charge is -2.29. The average Bonchev–Trinajstić information content (AvgIpc) is 2.60. The Labute approximate surface area is 164 Å². The zero-order valence-corrected chi connectivity index (χ0v) is 16.7. The number of esters is 1. The average molecular weight is 387 g/mol. The molecule has 8 nitrogen and oxygen atoms in total. The normalized spacial score (nSPS) is 16.7. The lowest BCUT2D eigenvalue weighted by atomic mass is 9.92. The molecular formula is C20H25N3O5. The second-order valence-corrected chi connectivity index (χ2v) is 7.75. The number of urea groups is 1. The second kappa shape index (κ2) is 8.21. The number of nitrogens with zero attached hydrogens (tertiary/aromatic N) is 1. The monoisotopic (exact) mass is 387 g/mol. The fraction of sp³-hybridized carbons (Fsp3) is 0.450. The maximum Gasteiger partial charge on any atom is 0.338 e. The van der Waals surface area contributed by atoms with Gasteiger partial charge in [0.1, 0.15) is 6.07 Å². The maximum absolute atomic E-state index is 12.7. The van der Waals surface area contributed by atoms with Gasteiger partial charge in [-0.3, -0.25) is 0 Å². The van der Waals surface area contributed by atoms with E-state index in [1.807, 2.05) is 26.8 Å². The first-order valence-corrected chi connectivity index (χ1v) is 8.83. The van der Waals surface area contributed by atoms with Gasteiger partial charge in [-0.15, -0.1) is 0 Å². The molecule has 28 heavy (non-hydrogen) atoms. The number of nitriles is 1. The summed E-state index contributed by atoms with van der Waals surface area (Å²) in [6.07, 6.45) is 0.682. The molecule has 0 aromatic heterocycles. The first-order valence-electron chi connectivity index (χ1n) is 8.83. The minimum Gasteiger partial charge on any atom is -0.503 e. The van der Waals surface area contributed by atoms with Crippen molar-refractivity contribution in [3.63, 3.8) is 0 Å². The van der Waals surface area contributed by atoms with Crippen molar-refractivity contribution in [1.29, 1.82) is 5.26 Å². The molecule has 1 unspecified atom stereocenters. The third kappa shape index (κ3) is 4.74. The van der Waals surface area contributed by atoms with E-state index in [4.69, 9.17) is 9.47 Å². The highest BCUT2D eigenvalue weighted by Gasteiger charge is 2.33. The number of allylic oxidation sites excluding steroid dienone is 1. The molecule has 1 heterocycles. The minimum absolute atomic E-state index is 0.00809. The van der Waals surface area contributed by atoms with Crippen LogP contribution in [0.15, 0.2) is 23.4 Å². The third-order valence-corrected chi connectivity index (χ3v) is 4.35. The third-order valence-electron chi connectivity index (χ3n) is 4.35. The molecule has 3 N–H and O–H groups in total. The number of nitrogens with one attached hydrogen (secondary N) is 2. The van der Waals surface area contributed by atoms with Gasteiger partial charge in [-0.05, 0) is 36.5 Å². The van der Waals surface area contributed by atoms with Gasteiger partial charge in [-0.1, -0.05) is 20.8 Å². The van der Waals surface area contributed by atoms with Crippen LogP contribution in [0.3, 0.4) is 0 Å². The van der Waals surface area contributed by atoms with Gasteiger partial charge < -0.3 is 25.2 Å². The summed E-state index contributed by atoms with van der Waals surface area (Å²) in [5, 5.41) is 24.5. The van der Waals surface area contributed by atoms with Gasteiger partial charge in [-0.2, -0.15) is 5.26 Å². The zero-order chi connectivity index (χ0) is 21.1. The maximum atomic E-state index is 12.7. The van der Waals surface area contributed by atoms with Crippen molar-refractivity contribution >= 4 is 12.0 Å². The van der Waals surface area contributed by atoms with Crippen LogP contribution in [-0.2, 0) is 9.53 Å². The molecular weight excluding hydrogens is 362 g/mol. The van der Waals surface area contributed by atoms with Crippen LogP contribution in [0.1, 0.15) is 51.3 Å². The predicted octanol–water partition coefficient (Wildman–Crippen LogP) is 2.88. The molecule has 0 fully saturated rings. The van der Waals surface area contributed by atoms with Crippen molar-refractivity contribution in [3.05, 3.63) is 34.5 Å². The van der Waals surface area contributed by atoms with Crippen LogP contribution < -0.4 is 15.4 Å². The van der Waals surface area contributed by atoms with Gasteiger partial charge >= 0.3 is 12.0 Å². The van der Waals surface area contributed by atoms with Crippen molar-refractivity contribution in [2.24, 2.45) is 5.41 Å². The van der Waals surface area contributed by atoms with Crippen molar-refractivity contribution < 1.29 is 24.2 Å². The highest BCUT2D eigenvalue weighted by molar-refractivity contribution is 5.95. The largest absolute Gasteiger partial charge is 0.503 e. The molecule has 0 saturated heterocycles. The number of aromatic hydroxyl groups is 1. The van der Waals surface area contributed by atoms with E-state index < -0.39 is 18.0 Å². The molecule has 0 spiro atoms. The molecule has 1 aromatic rings. The van der Waals surface area contributed by atoms with E-state index in [2.05, 4.69) is 10.6 Å². The number of carbonyl (C=O) groups excluding carboxylic acids is 2. The fourth-order valence-electron chi connectivity index (χ4n) is 2.78. The molecule has 2 amide bonds. The number of phenolic OH excluding ortho intramolecular Hbond substituents is 1. The summed E-state index contributed by atoms with van der Waals surface area (Å²) in [5.41, 5.74) is 0.988. The summed E-state index contributed by atoms with van der Waals surface area (Å²) in [6.45, 7) is 7.98. The Balaban J connectivity index is 2.41. The number of ether oxygens (including phenoxy) is 2. The van der Waals surface area contributed by atoms with Gasteiger partial charge in [0, 0.05) is 5.70 Å². The molecule has 150 valence electrons. The topological polar surface area (TPSA) is 121 Å². The summed E-state index contributed by atoms with van der Waals surface area (Å²) < 4.78 is 10.5. The number of benzene rings is 1. The van der Waals surface area contributed by atoms with E-state index in [9.17, 15) is 20.0 Å². The standard InChI is InChI=1S/C20H25N3O5/c1-11-15(18(25)28-7-6-20(2,3)4)16(23-19(26)22-11)12-8-13(10-21)17(24)14(9-12)27-5/h8-9,16,24H,6-7H2,1-5H3,(H2,22,23,26). The number of hydrogen-bond donors (Lipinski definition) is 3. The molecule has 8 heteroatoms. The van der Waals surface area contributed by atoms with Gasteiger partial charge in [0.15, 0.2) is 11.5 Å². The van der Waals surface area contributed by atoms with Crippen LogP contribution >= 0.6 is 0 Å². The number of rotatable bonds is 5. The summed E-state index contributed by atoms with van der Waals surface area (Å²) >= 11 is 0. The van der Waals surface area contributed by atoms with E-state index in [1.54, 1.807) is 6.92 Å². The molecule has 1 atom stereocenters. The summed E-state index contributed by atoms with van der Waals surface area (Å²) in [6, 6.07) is 3.42. The Hall–Kier alpha value is -3.21. The van der Waals surface area contributed by atoms with Crippen molar-refractivity contribution in [2.75, 3.05) is 13.7 Å². The van der Waals surface area contributed by atoms with E-state index in [0.717, 1.165) is 0 Å². The fourth-order valence-corrected chi connectivity index (χ4v) is 2.78. The Morgan fingerprint density at radius 2 is 2.04 bits per heavy atom. The summed E-state index contributed by atoms with van der Waals surface area (Å²) in [7, 11) is 1.35. The minimum atomic E-state index is -0.850. The Kier molecular flexibility index (Phi) is 6.19. The van der Waals surface area contributed by atoms with Gasteiger partial charge in [0.25, 0.3) is 0 Å². The number of phenols is 1. The van der Waals surface area contributed by atoms with Gasteiger partial charge in [0.05, 0.1) is 30.9 Å². The quantitative estimate of drug-likeness (QED) is 0.668. The lowest BCUT2D eigenvalue weighted by Crippen LogP contribution is -2.45. The Bertz CT molecular complexity index is 862. The van der Waals surface area contributed by atoms with E-state index in [-0.39, 0.29) is 34.7 Å². The smallest absolute Gasteiger partial charge is 0.338 e. The lowest BCUT2D eigenvalue weighted by molar-refractivity contribution is -0.140. The van der Waals surface area contributed by atoms with Crippen LogP contribution in [0, 0.1) is 16.7 Å². The first kappa shape index (κ1) is 21.1. The molecule has 1 aliphatic heterocycles. The number of amides is 2. The molecule has 2 rings (SSSR count). The summed E-state index contributed by atoms with van der Waals surface area (Å²) in [4.78, 5) is 24.7. The molecule has 0 radical (unpaired) electrons. The van der Waals surface area contributed by atoms with Crippen molar-refractivity contribution in [1.82, 2.24) is 10.6 Å². The predicted molar refractivity (Wildman–Crippen MR) is 102 cm³/mol. The van der Waals surface area contributed by atoms with Crippen LogP contribution in [0.5, 0.6) is 11.5 Å². The van der Waals surface area contributed by atoms with Crippen molar-refractivity contribution in [3.8, 4) is 17.6 Å². The molecule has 1 aromatic carbocycles. The van der Waals surface area contributed by atoms with E-state index >= 15 is 0 Å². The van der Waals surface area contributed by atoms with Crippen LogP contribution in [0.2, 0.25) is 0 Å². The summed E-state index contributed by atoms with van der Waals surface area (Å²) in [5.74, 6) is -0.797. The highest BCUT2D eigenvalue weighted by Crippen LogP contribution is 2.36. The highest BCUT2D eigenvalue weighted by atomic mass is 16.5.